The van der Waals surface area contributed by atoms with Crippen molar-refractivity contribution in [3.8, 4) is 0 Å². The van der Waals surface area contributed by atoms with Gasteiger partial charge in [0, 0.05) is 13.1 Å². The predicted octanol–water partition coefficient (Wildman–Crippen LogP) is 0.168. The molecule has 0 atom stereocenters. The van der Waals surface area contributed by atoms with Gasteiger partial charge in [0.15, 0.2) is 5.65 Å². The molecule has 2 rings (SSSR count). The molecule has 2 N–H and O–H groups in total. The van der Waals surface area contributed by atoms with E-state index < -0.39 is 0 Å². The van der Waals surface area contributed by atoms with Crippen LogP contribution in [0.15, 0.2) is 18.5 Å². The minimum absolute atomic E-state index is 0.769. The average Bonchev–Trinajstić information content (AvgIpc) is 2.60. The Morgan fingerprint density at radius 2 is 2.07 bits per heavy atom. The number of imidazole rings is 1. The number of aromatic nitrogens is 3. The summed E-state index contributed by atoms with van der Waals surface area (Å²) < 4.78 is 1.80. The van der Waals surface area contributed by atoms with Crippen molar-refractivity contribution < 1.29 is 0 Å². The number of hydrogen-bond acceptors (Lipinski definition) is 4. The highest BCUT2D eigenvalue weighted by molar-refractivity contribution is 5.40. The van der Waals surface area contributed by atoms with Gasteiger partial charge in [-0.3, -0.25) is 0 Å². The molecule has 0 aromatic carbocycles. The van der Waals surface area contributed by atoms with E-state index in [1.54, 1.807) is 4.52 Å². The summed E-state index contributed by atoms with van der Waals surface area (Å²) in [7, 11) is 3.83. The van der Waals surface area contributed by atoms with Gasteiger partial charge in [-0.15, -0.1) is 0 Å². The molecule has 2 aromatic rings. The maximum atomic E-state index is 4.46. The van der Waals surface area contributed by atoms with Crippen LogP contribution in [0.5, 0.6) is 0 Å². The Morgan fingerprint density at radius 1 is 1.27 bits per heavy atom. The van der Waals surface area contributed by atoms with Crippen LogP contribution in [0, 0.1) is 0 Å². The van der Waals surface area contributed by atoms with Crippen LogP contribution in [0.1, 0.15) is 11.3 Å². The molecule has 0 aliphatic heterocycles. The van der Waals surface area contributed by atoms with Crippen molar-refractivity contribution in [2.45, 2.75) is 13.1 Å². The maximum Gasteiger partial charge on any atom is 0.154 e. The maximum absolute atomic E-state index is 4.46. The lowest BCUT2D eigenvalue weighted by Crippen LogP contribution is -2.06. The van der Waals surface area contributed by atoms with Gasteiger partial charge in [-0.25, -0.2) is 9.50 Å². The highest BCUT2D eigenvalue weighted by Gasteiger charge is 2.02. The first-order valence-corrected chi connectivity index (χ1v) is 4.96. The number of hydrogen-bond donors (Lipinski definition) is 2. The molecule has 0 unspecified atom stereocenters. The first-order chi connectivity index (χ1) is 7.33. The lowest BCUT2D eigenvalue weighted by atomic mass is 10.3. The van der Waals surface area contributed by atoms with Gasteiger partial charge in [-0.05, 0) is 25.7 Å². The zero-order valence-electron chi connectivity index (χ0n) is 8.99. The Hall–Kier alpha value is -1.46. The smallest absolute Gasteiger partial charge is 0.154 e. The summed E-state index contributed by atoms with van der Waals surface area (Å²) in [5, 5.41) is 10.4. The Labute approximate surface area is 88.5 Å². The van der Waals surface area contributed by atoms with Crippen molar-refractivity contribution in [1.82, 2.24) is 25.2 Å². The van der Waals surface area contributed by atoms with Crippen LogP contribution in [-0.2, 0) is 13.1 Å². The fourth-order valence-electron chi connectivity index (χ4n) is 1.53. The highest BCUT2D eigenvalue weighted by atomic mass is 15.2. The molecular formula is C10H15N5. The molecule has 0 spiro atoms. The van der Waals surface area contributed by atoms with Crippen molar-refractivity contribution in [1.29, 1.82) is 0 Å². The van der Waals surface area contributed by atoms with E-state index in [9.17, 15) is 0 Å². The van der Waals surface area contributed by atoms with Gasteiger partial charge in [0.25, 0.3) is 0 Å². The first-order valence-electron chi connectivity index (χ1n) is 4.96. The Morgan fingerprint density at radius 3 is 2.80 bits per heavy atom. The van der Waals surface area contributed by atoms with Crippen LogP contribution in [0.3, 0.4) is 0 Å². The Bertz CT molecular complexity index is 444. The van der Waals surface area contributed by atoms with Crippen LogP contribution in [-0.4, -0.2) is 28.7 Å². The number of nitrogens with one attached hydrogen (secondary N) is 2. The van der Waals surface area contributed by atoms with Crippen molar-refractivity contribution in [2.24, 2.45) is 0 Å². The minimum Gasteiger partial charge on any atom is -0.316 e. The molecule has 0 radical (unpaired) electrons. The number of rotatable bonds is 4. The fourth-order valence-corrected chi connectivity index (χ4v) is 1.53. The SMILES string of the molecule is CNCc1cnn2cc(CNC)nc2c1. The molecule has 5 nitrogen and oxygen atoms in total. The lowest BCUT2D eigenvalue weighted by Gasteiger charge is -1.98. The van der Waals surface area contributed by atoms with E-state index in [0.29, 0.717) is 0 Å². The van der Waals surface area contributed by atoms with E-state index in [2.05, 4.69) is 20.7 Å². The lowest BCUT2D eigenvalue weighted by molar-refractivity contribution is 0.793. The van der Waals surface area contributed by atoms with Gasteiger partial charge in [0.2, 0.25) is 0 Å². The second-order valence-corrected chi connectivity index (χ2v) is 3.46. The molecule has 0 bridgehead atoms. The van der Waals surface area contributed by atoms with E-state index in [4.69, 9.17) is 0 Å². The minimum atomic E-state index is 0.769. The zero-order valence-corrected chi connectivity index (χ0v) is 8.99. The van der Waals surface area contributed by atoms with E-state index in [1.807, 2.05) is 32.6 Å². The van der Waals surface area contributed by atoms with E-state index >= 15 is 0 Å². The second kappa shape index (κ2) is 4.37. The van der Waals surface area contributed by atoms with Gasteiger partial charge in [0.1, 0.15) is 0 Å². The summed E-state index contributed by atoms with van der Waals surface area (Å²) in [5.41, 5.74) is 3.05. The van der Waals surface area contributed by atoms with Crippen LogP contribution < -0.4 is 10.6 Å². The summed E-state index contributed by atoms with van der Waals surface area (Å²) in [6.45, 7) is 1.59. The molecule has 0 amide bonds. The topological polar surface area (TPSA) is 54.2 Å². The largest absolute Gasteiger partial charge is 0.316 e. The molecule has 0 saturated carbocycles. The van der Waals surface area contributed by atoms with Gasteiger partial charge < -0.3 is 10.6 Å². The van der Waals surface area contributed by atoms with E-state index in [0.717, 1.165) is 30.0 Å². The van der Waals surface area contributed by atoms with Crippen LogP contribution in [0.25, 0.3) is 5.65 Å². The molecule has 5 heteroatoms. The van der Waals surface area contributed by atoms with Crippen molar-refractivity contribution in [3.05, 3.63) is 29.7 Å². The Kier molecular flexibility index (Phi) is 2.94. The Balaban J connectivity index is 2.34. The molecule has 0 aliphatic rings. The van der Waals surface area contributed by atoms with Crippen molar-refractivity contribution in [2.75, 3.05) is 14.1 Å². The quantitative estimate of drug-likeness (QED) is 0.747. The second-order valence-electron chi connectivity index (χ2n) is 3.46. The third-order valence-electron chi connectivity index (χ3n) is 2.17. The molecule has 15 heavy (non-hydrogen) atoms. The molecule has 0 aliphatic carbocycles. The molecule has 2 aromatic heterocycles. The summed E-state index contributed by atoms with van der Waals surface area (Å²) in [5.74, 6) is 0. The van der Waals surface area contributed by atoms with Crippen molar-refractivity contribution >= 4 is 5.65 Å². The summed E-state index contributed by atoms with van der Waals surface area (Å²) >= 11 is 0. The highest BCUT2D eigenvalue weighted by Crippen LogP contribution is 2.05. The predicted molar refractivity (Wildman–Crippen MR) is 58.5 cm³/mol. The van der Waals surface area contributed by atoms with Crippen LogP contribution in [0.4, 0.5) is 0 Å². The van der Waals surface area contributed by atoms with Crippen molar-refractivity contribution in [3.63, 3.8) is 0 Å². The summed E-state index contributed by atoms with van der Waals surface area (Å²) in [6.07, 6.45) is 3.79. The number of fused-ring (bicyclic) bond motifs is 1. The monoisotopic (exact) mass is 205 g/mol. The van der Waals surface area contributed by atoms with Gasteiger partial charge in [-0.1, -0.05) is 0 Å². The van der Waals surface area contributed by atoms with Gasteiger partial charge >= 0.3 is 0 Å². The number of nitrogens with zero attached hydrogens (tertiary/aromatic N) is 3. The normalized spacial score (nSPS) is 11.1. The fraction of sp³-hybridized carbons (Fsp3) is 0.400. The zero-order chi connectivity index (χ0) is 10.7. The van der Waals surface area contributed by atoms with Crippen LogP contribution in [0.2, 0.25) is 0 Å². The first kappa shape index (κ1) is 10.1. The van der Waals surface area contributed by atoms with Crippen LogP contribution >= 0.6 is 0 Å². The molecule has 2 heterocycles. The average molecular weight is 205 g/mol. The van der Waals surface area contributed by atoms with E-state index in [1.165, 1.54) is 0 Å². The summed E-state index contributed by atoms with van der Waals surface area (Å²) in [4.78, 5) is 4.46. The standard InChI is InChI=1S/C10H15N5/c1-11-4-8-3-10-14-9(6-12-2)7-15(10)13-5-8/h3,5,7,11-12H,4,6H2,1-2H3. The third-order valence-corrected chi connectivity index (χ3v) is 2.17. The molecule has 0 saturated heterocycles. The van der Waals surface area contributed by atoms with Gasteiger partial charge in [-0.2, -0.15) is 5.10 Å². The van der Waals surface area contributed by atoms with E-state index in [-0.39, 0.29) is 0 Å². The van der Waals surface area contributed by atoms with Gasteiger partial charge in [0.05, 0.1) is 18.1 Å². The molecule has 80 valence electrons. The third kappa shape index (κ3) is 2.14. The summed E-state index contributed by atoms with van der Waals surface area (Å²) in [6, 6.07) is 2.04. The molecule has 0 fully saturated rings. The molecular weight excluding hydrogens is 190 g/mol.